The summed E-state index contributed by atoms with van der Waals surface area (Å²) in [5.41, 5.74) is 0. The first-order chi connectivity index (χ1) is 5.68. The van der Waals surface area contributed by atoms with Gasteiger partial charge in [-0.3, -0.25) is 0 Å². The predicted molar refractivity (Wildman–Crippen MR) is 43.4 cm³/mol. The minimum atomic E-state index is -1.02. The third-order valence-electron chi connectivity index (χ3n) is 1.10. The fourth-order valence-corrected chi connectivity index (χ4v) is 0.738. The van der Waals surface area contributed by atoms with Crippen molar-refractivity contribution in [2.24, 2.45) is 0 Å². The van der Waals surface area contributed by atoms with Crippen molar-refractivity contribution >= 4 is 17.6 Å². The van der Waals surface area contributed by atoms with Gasteiger partial charge >= 0.3 is 5.97 Å². The number of hydrogen-bond donors (Lipinski definition) is 1. The number of benzene rings is 1. The van der Waals surface area contributed by atoms with Gasteiger partial charge in [0.15, 0.2) is 6.61 Å². The van der Waals surface area contributed by atoms with Crippen LogP contribution in [0.1, 0.15) is 0 Å². The number of aliphatic carboxylic acids is 1. The van der Waals surface area contributed by atoms with E-state index in [0.717, 1.165) is 0 Å². The molecule has 1 radical (unpaired) electrons. The number of halogens is 1. The summed E-state index contributed by atoms with van der Waals surface area (Å²) in [5, 5.41) is 8.80. The summed E-state index contributed by atoms with van der Waals surface area (Å²) in [6.07, 6.45) is 0. The maximum atomic E-state index is 10.1. The fraction of sp³-hybridized carbons (Fsp3) is 0.125. The summed E-state index contributed by atoms with van der Waals surface area (Å²) in [6, 6.07) is 7.35. The normalized spacial score (nSPS) is 9.42. The van der Waals surface area contributed by atoms with Gasteiger partial charge in [-0.2, -0.15) is 0 Å². The first-order valence-corrected chi connectivity index (χ1v) is 3.58. The van der Waals surface area contributed by atoms with Gasteiger partial charge in [-0.15, -0.1) is 0 Å². The van der Waals surface area contributed by atoms with E-state index in [0.29, 0.717) is 10.8 Å². The molecule has 0 aliphatic carbocycles. The van der Waals surface area contributed by atoms with Crippen LogP contribution in [0.3, 0.4) is 0 Å². The van der Waals surface area contributed by atoms with E-state index in [1.54, 1.807) is 12.1 Å². The van der Waals surface area contributed by atoms with Crippen LogP contribution in [0.4, 0.5) is 0 Å². The highest BCUT2D eigenvalue weighted by molar-refractivity contribution is 6.30. The lowest BCUT2D eigenvalue weighted by Gasteiger charge is -2.00. The molecule has 0 atom stereocenters. The van der Waals surface area contributed by atoms with Gasteiger partial charge in [0.05, 0.1) is 0 Å². The predicted octanol–water partition coefficient (Wildman–Crippen LogP) is 1.60. The molecule has 0 aliphatic rings. The van der Waals surface area contributed by atoms with Crippen LogP contribution in [0.15, 0.2) is 18.2 Å². The Morgan fingerprint density at radius 1 is 1.67 bits per heavy atom. The van der Waals surface area contributed by atoms with Crippen LogP contribution in [0.5, 0.6) is 5.75 Å². The van der Waals surface area contributed by atoms with E-state index < -0.39 is 5.97 Å². The first-order valence-electron chi connectivity index (χ1n) is 3.20. The van der Waals surface area contributed by atoms with E-state index in [4.69, 9.17) is 21.4 Å². The lowest BCUT2D eigenvalue weighted by Crippen LogP contribution is -2.09. The highest BCUT2D eigenvalue weighted by Crippen LogP contribution is 2.14. The van der Waals surface area contributed by atoms with Crippen LogP contribution in [-0.2, 0) is 4.79 Å². The zero-order valence-electron chi connectivity index (χ0n) is 6.08. The molecule has 0 unspecified atom stereocenters. The second kappa shape index (κ2) is 3.97. The maximum Gasteiger partial charge on any atom is 0.341 e. The monoisotopic (exact) mass is 185 g/mol. The summed E-state index contributed by atoms with van der Waals surface area (Å²) in [7, 11) is 0. The van der Waals surface area contributed by atoms with Gasteiger partial charge in [0.1, 0.15) is 5.75 Å². The molecule has 3 nitrogen and oxygen atoms in total. The SMILES string of the molecule is O=C(O)COc1[c]cc(Cl)cc1. The van der Waals surface area contributed by atoms with Crippen LogP contribution in [0.25, 0.3) is 0 Å². The number of ether oxygens (including phenoxy) is 1. The molecule has 0 saturated heterocycles. The molecule has 0 aliphatic heterocycles. The molecule has 63 valence electrons. The van der Waals surface area contributed by atoms with Crippen molar-refractivity contribution in [1.29, 1.82) is 0 Å². The Bertz CT molecular complexity index is 268. The highest BCUT2D eigenvalue weighted by Gasteiger charge is 1.98. The van der Waals surface area contributed by atoms with Gasteiger partial charge < -0.3 is 9.84 Å². The zero-order valence-corrected chi connectivity index (χ0v) is 6.84. The van der Waals surface area contributed by atoms with Gasteiger partial charge in [0, 0.05) is 11.1 Å². The molecular formula is C8H6ClO3. The van der Waals surface area contributed by atoms with Crippen LogP contribution in [-0.4, -0.2) is 17.7 Å². The second-order valence-electron chi connectivity index (χ2n) is 2.05. The Hall–Kier alpha value is -1.22. The summed E-state index contributed by atoms with van der Waals surface area (Å²) in [5.74, 6) is -0.639. The molecule has 0 saturated carbocycles. The van der Waals surface area contributed by atoms with E-state index in [-0.39, 0.29) is 6.61 Å². The topological polar surface area (TPSA) is 46.5 Å². The van der Waals surface area contributed by atoms with Crippen LogP contribution < -0.4 is 4.74 Å². The summed E-state index contributed by atoms with van der Waals surface area (Å²) < 4.78 is 4.81. The third-order valence-corrected chi connectivity index (χ3v) is 1.33. The number of carboxylic acids is 1. The number of carbonyl (C=O) groups is 1. The second-order valence-corrected chi connectivity index (χ2v) is 2.49. The molecule has 1 N–H and O–H groups in total. The Morgan fingerprint density at radius 3 is 2.92 bits per heavy atom. The minimum Gasteiger partial charge on any atom is -0.481 e. The van der Waals surface area contributed by atoms with Gasteiger partial charge in [-0.25, -0.2) is 4.79 Å². The van der Waals surface area contributed by atoms with Crippen molar-refractivity contribution in [3.05, 3.63) is 29.3 Å². The van der Waals surface area contributed by atoms with Crippen molar-refractivity contribution in [2.45, 2.75) is 0 Å². The van der Waals surface area contributed by atoms with E-state index in [2.05, 4.69) is 6.07 Å². The zero-order chi connectivity index (χ0) is 8.97. The van der Waals surface area contributed by atoms with E-state index in [9.17, 15) is 4.79 Å². The van der Waals surface area contributed by atoms with Crippen LogP contribution >= 0.6 is 11.6 Å². The van der Waals surface area contributed by atoms with Crippen molar-refractivity contribution in [2.75, 3.05) is 6.61 Å². The van der Waals surface area contributed by atoms with E-state index in [1.165, 1.54) is 6.07 Å². The average molecular weight is 186 g/mol. The lowest BCUT2D eigenvalue weighted by atomic mass is 10.3. The Kier molecular flexibility index (Phi) is 2.94. The van der Waals surface area contributed by atoms with Crippen molar-refractivity contribution in [1.82, 2.24) is 0 Å². The summed E-state index contributed by atoms with van der Waals surface area (Å²) in [6.45, 7) is -0.363. The van der Waals surface area contributed by atoms with Crippen LogP contribution in [0, 0.1) is 6.07 Å². The number of hydrogen-bond acceptors (Lipinski definition) is 2. The lowest BCUT2D eigenvalue weighted by molar-refractivity contribution is -0.139. The highest BCUT2D eigenvalue weighted by atomic mass is 35.5. The maximum absolute atomic E-state index is 10.1. The standard InChI is InChI=1S/C8H6ClO3/c9-6-1-3-7(4-2-6)12-5-8(10)11/h1-3H,5H2,(H,10,11). The first kappa shape index (κ1) is 8.87. The molecule has 1 aromatic rings. The Labute approximate surface area is 74.5 Å². The molecule has 4 heteroatoms. The Morgan fingerprint density at radius 2 is 2.42 bits per heavy atom. The smallest absolute Gasteiger partial charge is 0.341 e. The molecule has 0 heterocycles. The molecule has 0 amide bonds. The minimum absolute atomic E-state index is 0.363. The van der Waals surface area contributed by atoms with Crippen LogP contribution in [0.2, 0.25) is 5.02 Å². The largest absolute Gasteiger partial charge is 0.481 e. The third kappa shape index (κ3) is 2.80. The van der Waals surface area contributed by atoms with Gasteiger partial charge in [0.2, 0.25) is 0 Å². The van der Waals surface area contributed by atoms with Crippen molar-refractivity contribution < 1.29 is 14.6 Å². The van der Waals surface area contributed by atoms with E-state index in [1.807, 2.05) is 0 Å². The molecule has 0 aromatic heterocycles. The average Bonchev–Trinajstić information content (AvgIpc) is 2.03. The molecular weight excluding hydrogens is 180 g/mol. The molecule has 0 bridgehead atoms. The number of carboxylic acid groups (broad SMARTS) is 1. The van der Waals surface area contributed by atoms with Gasteiger partial charge in [-0.1, -0.05) is 11.6 Å². The van der Waals surface area contributed by atoms with Crippen molar-refractivity contribution in [3.63, 3.8) is 0 Å². The summed E-state index contributed by atoms with van der Waals surface area (Å²) >= 11 is 5.57. The molecule has 0 fully saturated rings. The van der Waals surface area contributed by atoms with Crippen molar-refractivity contribution in [3.8, 4) is 5.75 Å². The molecule has 12 heavy (non-hydrogen) atoms. The number of rotatable bonds is 3. The molecule has 1 aromatic carbocycles. The van der Waals surface area contributed by atoms with Gasteiger partial charge in [-0.05, 0) is 18.2 Å². The Balaban J connectivity index is 2.53. The van der Waals surface area contributed by atoms with Gasteiger partial charge in [0.25, 0.3) is 0 Å². The fourth-order valence-electron chi connectivity index (χ4n) is 0.621. The summed E-state index contributed by atoms with van der Waals surface area (Å²) in [4.78, 5) is 10.1. The molecule has 1 rings (SSSR count). The van der Waals surface area contributed by atoms with E-state index >= 15 is 0 Å². The molecule has 0 spiro atoms. The quantitative estimate of drug-likeness (QED) is 0.778.